The lowest BCUT2D eigenvalue weighted by atomic mass is 10.3. The number of hydrogen-bond acceptors (Lipinski definition) is 4. The normalized spacial score (nSPS) is 10.5. The van der Waals surface area contributed by atoms with Crippen LogP contribution < -0.4 is 11.3 Å². The summed E-state index contributed by atoms with van der Waals surface area (Å²) in [6.45, 7) is 0. The van der Waals surface area contributed by atoms with Gasteiger partial charge in [-0.15, -0.1) is 0 Å². The summed E-state index contributed by atoms with van der Waals surface area (Å²) in [5, 5.41) is 0.340. The Morgan fingerprint density at radius 1 is 1.47 bits per heavy atom. The van der Waals surface area contributed by atoms with Crippen LogP contribution in [0.1, 0.15) is 0 Å². The van der Waals surface area contributed by atoms with Gasteiger partial charge in [-0.05, 0) is 23.9 Å². The van der Waals surface area contributed by atoms with E-state index >= 15 is 0 Å². The van der Waals surface area contributed by atoms with Crippen LogP contribution >= 0.6 is 23.4 Å². The first-order valence-electron chi connectivity index (χ1n) is 4.54. The van der Waals surface area contributed by atoms with Crippen molar-refractivity contribution in [3.63, 3.8) is 0 Å². The van der Waals surface area contributed by atoms with Gasteiger partial charge in [0, 0.05) is 22.8 Å². The van der Waals surface area contributed by atoms with E-state index < -0.39 is 5.82 Å². The van der Waals surface area contributed by atoms with Crippen LogP contribution in [0.15, 0.2) is 39.2 Å². The Morgan fingerprint density at radius 3 is 2.94 bits per heavy atom. The summed E-state index contributed by atoms with van der Waals surface area (Å²) < 4.78 is 13.1. The minimum absolute atomic E-state index is 0.0278. The zero-order valence-electron chi connectivity index (χ0n) is 8.41. The first-order chi connectivity index (χ1) is 8.06. The number of benzene rings is 1. The number of halogens is 2. The van der Waals surface area contributed by atoms with E-state index in [-0.39, 0.29) is 16.3 Å². The van der Waals surface area contributed by atoms with Crippen LogP contribution in [0.3, 0.4) is 0 Å². The molecule has 0 amide bonds. The molecule has 0 aliphatic rings. The van der Waals surface area contributed by atoms with Crippen molar-refractivity contribution in [2.75, 3.05) is 5.73 Å². The third-order valence-corrected chi connectivity index (χ3v) is 3.17. The van der Waals surface area contributed by atoms with E-state index in [9.17, 15) is 9.18 Å². The molecule has 1 heterocycles. The molecule has 0 radical (unpaired) electrons. The van der Waals surface area contributed by atoms with Gasteiger partial charge in [0.1, 0.15) is 5.82 Å². The van der Waals surface area contributed by atoms with Crippen molar-refractivity contribution in [3.8, 4) is 0 Å². The van der Waals surface area contributed by atoms with Crippen LogP contribution in [0.4, 0.5) is 10.1 Å². The molecular weight excluding hydrogens is 265 g/mol. The maximum absolute atomic E-state index is 13.1. The molecule has 0 atom stereocenters. The molecule has 7 heteroatoms. The van der Waals surface area contributed by atoms with Gasteiger partial charge in [-0.3, -0.25) is 4.79 Å². The van der Waals surface area contributed by atoms with E-state index in [0.29, 0.717) is 10.1 Å². The molecular formula is C10H7ClFN3OS. The van der Waals surface area contributed by atoms with E-state index in [4.69, 9.17) is 17.3 Å². The molecule has 0 aliphatic heterocycles. The first kappa shape index (κ1) is 11.9. The van der Waals surface area contributed by atoms with Crippen molar-refractivity contribution < 1.29 is 4.39 Å². The Hall–Kier alpha value is -1.53. The Balaban J connectivity index is 2.36. The monoisotopic (exact) mass is 271 g/mol. The third-order valence-electron chi connectivity index (χ3n) is 1.91. The highest BCUT2D eigenvalue weighted by atomic mass is 35.5. The fraction of sp³-hybridized carbons (Fsp3) is 0. The summed E-state index contributed by atoms with van der Waals surface area (Å²) in [5.74, 6) is -0.581. The van der Waals surface area contributed by atoms with Crippen LogP contribution in [0.5, 0.6) is 0 Å². The molecule has 4 nitrogen and oxygen atoms in total. The Kier molecular flexibility index (Phi) is 3.35. The average Bonchev–Trinajstić information content (AvgIpc) is 2.26. The number of aromatic nitrogens is 2. The highest BCUT2D eigenvalue weighted by Crippen LogP contribution is 2.32. The molecule has 0 spiro atoms. The van der Waals surface area contributed by atoms with Gasteiger partial charge < -0.3 is 10.7 Å². The van der Waals surface area contributed by atoms with Gasteiger partial charge in [-0.1, -0.05) is 11.6 Å². The largest absolute Gasteiger partial charge is 0.398 e. The van der Waals surface area contributed by atoms with Gasteiger partial charge in [0.2, 0.25) is 0 Å². The Bertz CT molecular complexity index is 617. The molecule has 0 bridgehead atoms. The number of nitrogens with zero attached hydrogens (tertiary/aromatic N) is 1. The van der Waals surface area contributed by atoms with Crippen molar-refractivity contribution in [3.05, 3.63) is 45.6 Å². The van der Waals surface area contributed by atoms with Crippen molar-refractivity contribution >= 4 is 29.1 Å². The number of H-pyrrole nitrogens is 1. The number of nitrogens with one attached hydrogen (secondary N) is 1. The minimum Gasteiger partial charge on any atom is -0.398 e. The number of nitrogen functional groups attached to an aromatic ring is 1. The third kappa shape index (κ3) is 2.78. The lowest BCUT2D eigenvalue weighted by Gasteiger charge is -2.05. The highest BCUT2D eigenvalue weighted by Gasteiger charge is 2.08. The molecule has 0 fully saturated rings. The number of nitrogens with two attached hydrogens (primary N) is 1. The summed E-state index contributed by atoms with van der Waals surface area (Å²) in [6, 6.07) is 3.82. The standard InChI is InChI=1S/C10H7ClFN3OS/c11-5-3-8(7(13)4-6(5)12)17-10-14-2-1-9(16)15-10/h1-4H,13H2,(H,14,15,16). The number of rotatable bonds is 2. The van der Waals surface area contributed by atoms with Crippen molar-refractivity contribution in [2.45, 2.75) is 10.1 Å². The van der Waals surface area contributed by atoms with Gasteiger partial charge in [0.05, 0.1) is 5.02 Å². The lowest BCUT2D eigenvalue weighted by Crippen LogP contribution is -2.05. The lowest BCUT2D eigenvalue weighted by molar-refractivity contribution is 0.628. The number of hydrogen-bond donors (Lipinski definition) is 2. The summed E-state index contributed by atoms with van der Waals surface area (Å²) >= 11 is 6.76. The molecule has 2 aromatic rings. The predicted molar refractivity (Wildman–Crippen MR) is 64.8 cm³/mol. The van der Waals surface area contributed by atoms with E-state index in [1.165, 1.54) is 18.3 Å². The Morgan fingerprint density at radius 2 is 2.24 bits per heavy atom. The van der Waals surface area contributed by atoms with Crippen LogP contribution in [0.25, 0.3) is 0 Å². The topological polar surface area (TPSA) is 71.8 Å². The number of anilines is 1. The molecule has 0 unspecified atom stereocenters. The SMILES string of the molecule is Nc1cc(F)c(Cl)cc1Sc1nccc(=O)[nH]1. The second-order valence-electron chi connectivity index (χ2n) is 3.15. The molecule has 1 aromatic carbocycles. The van der Waals surface area contributed by atoms with Gasteiger partial charge in [0.15, 0.2) is 5.16 Å². The molecule has 88 valence electrons. The van der Waals surface area contributed by atoms with Crippen LogP contribution in [0, 0.1) is 5.82 Å². The zero-order valence-corrected chi connectivity index (χ0v) is 9.98. The van der Waals surface area contributed by atoms with Gasteiger partial charge in [-0.2, -0.15) is 0 Å². The summed E-state index contributed by atoms with van der Waals surface area (Å²) in [4.78, 5) is 18.1. The fourth-order valence-corrected chi connectivity index (χ4v) is 2.20. The predicted octanol–water partition coefficient (Wildman–Crippen LogP) is 2.30. The second kappa shape index (κ2) is 4.77. The summed E-state index contributed by atoms with van der Waals surface area (Å²) in [6.07, 6.45) is 1.38. The smallest absolute Gasteiger partial charge is 0.251 e. The zero-order chi connectivity index (χ0) is 12.4. The van der Waals surface area contributed by atoms with Crippen molar-refractivity contribution in [1.82, 2.24) is 9.97 Å². The van der Waals surface area contributed by atoms with E-state index in [0.717, 1.165) is 17.8 Å². The fourth-order valence-electron chi connectivity index (χ4n) is 1.14. The van der Waals surface area contributed by atoms with Crippen LogP contribution in [-0.2, 0) is 0 Å². The van der Waals surface area contributed by atoms with Gasteiger partial charge in [-0.25, -0.2) is 9.37 Å². The number of aromatic amines is 1. The van der Waals surface area contributed by atoms with E-state index in [1.54, 1.807) is 0 Å². The minimum atomic E-state index is -0.581. The van der Waals surface area contributed by atoms with Crippen LogP contribution in [-0.4, -0.2) is 9.97 Å². The average molecular weight is 272 g/mol. The molecule has 0 saturated heterocycles. The molecule has 0 aliphatic carbocycles. The molecule has 3 N–H and O–H groups in total. The van der Waals surface area contributed by atoms with Gasteiger partial charge in [0.25, 0.3) is 5.56 Å². The van der Waals surface area contributed by atoms with E-state index in [2.05, 4.69) is 9.97 Å². The van der Waals surface area contributed by atoms with E-state index in [1.807, 2.05) is 0 Å². The van der Waals surface area contributed by atoms with Crippen molar-refractivity contribution in [2.24, 2.45) is 0 Å². The summed E-state index contributed by atoms with van der Waals surface area (Å²) in [5.41, 5.74) is 5.61. The molecule has 0 saturated carbocycles. The Labute approximate surface area is 105 Å². The summed E-state index contributed by atoms with van der Waals surface area (Å²) in [7, 11) is 0. The maximum Gasteiger partial charge on any atom is 0.251 e. The van der Waals surface area contributed by atoms with Crippen LogP contribution in [0.2, 0.25) is 5.02 Å². The van der Waals surface area contributed by atoms with Crippen molar-refractivity contribution in [1.29, 1.82) is 0 Å². The molecule has 17 heavy (non-hydrogen) atoms. The first-order valence-corrected chi connectivity index (χ1v) is 5.73. The highest BCUT2D eigenvalue weighted by molar-refractivity contribution is 7.99. The molecule has 1 aromatic heterocycles. The maximum atomic E-state index is 13.1. The quantitative estimate of drug-likeness (QED) is 0.649. The van der Waals surface area contributed by atoms with Gasteiger partial charge >= 0.3 is 0 Å². The molecule has 2 rings (SSSR count). The second-order valence-corrected chi connectivity index (χ2v) is 4.58.